The summed E-state index contributed by atoms with van der Waals surface area (Å²) in [5.41, 5.74) is -0.925. The number of alkyl carbamates (subject to hydrolysis) is 1. The fourth-order valence-corrected chi connectivity index (χ4v) is 2.82. The Morgan fingerprint density at radius 2 is 2.00 bits per heavy atom. The molecule has 0 radical (unpaired) electrons. The van der Waals surface area contributed by atoms with Crippen LogP contribution in [-0.2, 0) is 4.74 Å². The Morgan fingerprint density at radius 3 is 2.47 bits per heavy atom. The summed E-state index contributed by atoms with van der Waals surface area (Å²) in [5.74, 6) is 0.317. The third-order valence-corrected chi connectivity index (χ3v) is 4.55. The van der Waals surface area contributed by atoms with Gasteiger partial charge in [0, 0.05) is 12.0 Å². The molecule has 0 aromatic rings. The lowest BCUT2D eigenvalue weighted by atomic mass is 9.70. The first-order valence-corrected chi connectivity index (χ1v) is 6.90. The van der Waals surface area contributed by atoms with E-state index < -0.39 is 5.60 Å². The first-order chi connectivity index (χ1) is 8.52. The van der Waals surface area contributed by atoms with E-state index in [4.69, 9.17) is 10.00 Å². The molecule has 0 bridgehead atoms. The molecule has 4 nitrogen and oxygen atoms in total. The smallest absolute Gasteiger partial charge is 0.408 e. The maximum absolute atomic E-state index is 12.0. The molecule has 1 aliphatic carbocycles. The Morgan fingerprint density at radius 1 is 1.42 bits per heavy atom. The number of carbonyl (C=O) groups excluding carboxylic acids is 1. The van der Waals surface area contributed by atoms with Gasteiger partial charge in [-0.2, -0.15) is 5.26 Å². The molecule has 1 saturated carbocycles. The van der Waals surface area contributed by atoms with E-state index in [1.54, 1.807) is 0 Å². The largest absolute Gasteiger partial charge is 0.444 e. The number of ether oxygens (including phenoxy) is 1. The Kier molecular flexibility index (Phi) is 4.19. The number of amides is 1. The molecule has 2 atom stereocenters. The molecular formula is C15H26N2O2. The Bertz CT molecular complexity index is 390. The zero-order valence-corrected chi connectivity index (χ0v) is 13.0. The van der Waals surface area contributed by atoms with Gasteiger partial charge in [-0.3, -0.25) is 0 Å². The highest BCUT2D eigenvalue weighted by Crippen LogP contribution is 2.51. The van der Waals surface area contributed by atoms with Crippen LogP contribution < -0.4 is 5.32 Å². The summed E-state index contributed by atoms with van der Waals surface area (Å²) in [6, 6.07) is 2.25. The van der Waals surface area contributed by atoms with E-state index in [9.17, 15) is 4.79 Å². The van der Waals surface area contributed by atoms with Crippen molar-refractivity contribution in [1.82, 2.24) is 5.32 Å². The van der Waals surface area contributed by atoms with Crippen molar-refractivity contribution in [3.63, 3.8) is 0 Å². The molecule has 0 aromatic carbocycles. The van der Waals surface area contributed by atoms with Crippen LogP contribution >= 0.6 is 0 Å². The van der Waals surface area contributed by atoms with Gasteiger partial charge in [-0.25, -0.2) is 4.79 Å². The lowest BCUT2D eigenvalue weighted by Gasteiger charge is -2.42. The van der Waals surface area contributed by atoms with Gasteiger partial charge in [0.15, 0.2) is 0 Å². The number of nitrogens with zero attached hydrogens (tertiary/aromatic N) is 1. The van der Waals surface area contributed by atoms with Crippen LogP contribution in [0.25, 0.3) is 0 Å². The molecule has 0 unspecified atom stereocenters. The molecule has 0 saturated heterocycles. The van der Waals surface area contributed by atoms with E-state index in [-0.39, 0.29) is 17.0 Å². The van der Waals surface area contributed by atoms with Crippen LogP contribution in [0.15, 0.2) is 0 Å². The molecule has 4 heteroatoms. The normalized spacial score (nSPS) is 29.6. The number of hydrogen-bond acceptors (Lipinski definition) is 3. The number of hydrogen-bond donors (Lipinski definition) is 1. The maximum atomic E-state index is 12.0. The molecule has 1 N–H and O–H groups in total. The van der Waals surface area contributed by atoms with E-state index in [1.165, 1.54) is 0 Å². The van der Waals surface area contributed by atoms with Crippen molar-refractivity contribution in [3.05, 3.63) is 0 Å². The minimum absolute atomic E-state index is 0.111. The number of carbonyl (C=O) groups is 1. The summed E-state index contributed by atoms with van der Waals surface area (Å²) in [7, 11) is 0. The van der Waals surface area contributed by atoms with Gasteiger partial charge in [0.25, 0.3) is 0 Å². The second-order valence-electron chi connectivity index (χ2n) is 7.28. The molecule has 1 fully saturated rings. The zero-order valence-electron chi connectivity index (χ0n) is 13.0. The minimum atomic E-state index is -0.491. The zero-order chi connectivity index (χ0) is 14.9. The fraction of sp³-hybridized carbons (Fsp3) is 0.867. The quantitative estimate of drug-likeness (QED) is 0.830. The molecule has 0 heterocycles. The van der Waals surface area contributed by atoms with Crippen LogP contribution in [0, 0.1) is 22.7 Å². The van der Waals surface area contributed by atoms with Crippen LogP contribution in [0.2, 0.25) is 0 Å². The highest BCUT2D eigenvalue weighted by Gasteiger charge is 2.52. The molecule has 1 aliphatic rings. The van der Waals surface area contributed by atoms with Gasteiger partial charge < -0.3 is 10.1 Å². The van der Waals surface area contributed by atoms with Crippen molar-refractivity contribution >= 4 is 6.09 Å². The van der Waals surface area contributed by atoms with Gasteiger partial charge in [-0.05, 0) is 51.9 Å². The molecule has 108 valence electrons. The highest BCUT2D eigenvalue weighted by molar-refractivity contribution is 5.69. The van der Waals surface area contributed by atoms with E-state index in [0.29, 0.717) is 12.3 Å². The number of nitrogens with one attached hydrogen (secondary N) is 1. The summed E-state index contributed by atoms with van der Waals surface area (Å²) in [5, 5.41) is 11.9. The summed E-state index contributed by atoms with van der Waals surface area (Å²) in [6.45, 7) is 11.9. The van der Waals surface area contributed by atoms with Crippen LogP contribution in [-0.4, -0.2) is 17.2 Å². The van der Waals surface area contributed by atoms with Crippen LogP contribution in [0.1, 0.15) is 60.8 Å². The predicted molar refractivity (Wildman–Crippen MR) is 74.5 cm³/mol. The number of nitriles is 1. The molecule has 19 heavy (non-hydrogen) atoms. The Hall–Kier alpha value is -1.24. The van der Waals surface area contributed by atoms with Gasteiger partial charge in [0.05, 0.1) is 6.07 Å². The first-order valence-electron chi connectivity index (χ1n) is 6.90. The predicted octanol–water partition coefficient (Wildman–Crippen LogP) is 3.62. The average Bonchev–Trinajstić information content (AvgIpc) is 2.39. The summed E-state index contributed by atoms with van der Waals surface area (Å²) in [4.78, 5) is 12.0. The lowest BCUT2D eigenvalue weighted by molar-refractivity contribution is 0.0352. The van der Waals surface area contributed by atoms with Crippen molar-refractivity contribution in [2.24, 2.45) is 11.3 Å². The van der Waals surface area contributed by atoms with Gasteiger partial charge in [-0.1, -0.05) is 13.8 Å². The molecular weight excluding hydrogens is 240 g/mol. The molecule has 0 aromatic heterocycles. The van der Waals surface area contributed by atoms with Gasteiger partial charge in [0.1, 0.15) is 5.60 Å². The molecule has 0 aliphatic heterocycles. The SMILES string of the molecule is CC(C)(C)OC(=O)N[C@]1(C)CC[C@H](CC#N)C1(C)C. The molecule has 1 rings (SSSR count). The van der Waals surface area contributed by atoms with Crippen LogP contribution in [0.5, 0.6) is 0 Å². The standard InChI is InChI=1S/C15H26N2O2/c1-13(2,3)19-12(18)17-15(6)9-7-11(8-10-16)14(15,4)5/h11H,7-9H2,1-6H3,(H,17,18)/t11-,15-/m1/s1. The number of rotatable bonds is 2. The van der Waals surface area contributed by atoms with Crippen molar-refractivity contribution in [2.75, 3.05) is 0 Å². The second kappa shape index (κ2) is 5.03. The Balaban J connectivity index is 2.77. The van der Waals surface area contributed by atoms with E-state index >= 15 is 0 Å². The fourth-order valence-electron chi connectivity index (χ4n) is 2.82. The molecule has 0 spiro atoms. The second-order valence-corrected chi connectivity index (χ2v) is 7.28. The Labute approximate surface area is 116 Å². The average molecular weight is 266 g/mol. The van der Waals surface area contributed by atoms with E-state index in [2.05, 4.69) is 25.2 Å². The van der Waals surface area contributed by atoms with Gasteiger partial charge in [-0.15, -0.1) is 0 Å². The topological polar surface area (TPSA) is 62.1 Å². The van der Waals surface area contributed by atoms with Crippen molar-refractivity contribution in [1.29, 1.82) is 5.26 Å². The van der Waals surface area contributed by atoms with Crippen molar-refractivity contribution in [2.45, 2.75) is 71.9 Å². The third-order valence-electron chi connectivity index (χ3n) is 4.55. The highest BCUT2D eigenvalue weighted by atomic mass is 16.6. The van der Waals surface area contributed by atoms with Crippen molar-refractivity contribution in [3.8, 4) is 6.07 Å². The summed E-state index contributed by atoms with van der Waals surface area (Å²) < 4.78 is 5.34. The monoisotopic (exact) mass is 266 g/mol. The first kappa shape index (κ1) is 15.8. The summed E-state index contributed by atoms with van der Waals surface area (Å²) >= 11 is 0. The maximum Gasteiger partial charge on any atom is 0.408 e. The summed E-state index contributed by atoms with van der Waals surface area (Å²) in [6.07, 6.45) is 2.01. The van der Waals surface area contributed by atoms with Crippen LogP contribution in [0.4, 0.5) is 4.79 Å². The van der Waals surface area contributed by atoms with Gasteiger partial charge >= 0.3 is 6.09 Å². The van der Waals surface area contributed by atoms with Gasteiger partial charge in [0.2, 0.25) is 0 Å². The molecule has 1 amide bonds. The van der Waals surface area contributed by atoms with Crippen molar-refractivity contribution < 1.29 is 9.53 Å². The van der Waals surface area contributed by atoms with Crippen LogP contribution in [0.3, 0.4) is 0 Å². The van der Waals surface area contributed by atoms with E-state index in [0.717, 1.165) is 12.8 Å². The van der Waals surface area contributed by atoms with E-state index in [1.807, 2.05) is 27.7 Å². The lowest BCUT2D eigenvalue weighted by Crippen LogP contribution is -2.55. The third kappa shape index (κ3) is 3.40. The minimum Gasteiger partial charge on any atom is -0.444 e.